The molecule has 0 spiro atoms. The number of aliphatic imine (C=N–C) groups is 1. The Morgan fingerprint density at radius 2 is 2.09 bits per heavy atom. The lowest BCUT2D eigenvalue weighted by atomic mass is 9.93. The van der Waals surface area contributed by atoms with E-state index >= 15 is 0 Å². The van der Waals surface area contributed by atoms with Crippen LogP contribution in [0.1, 0.15) is 40.5 Å². The summed E-state index contributed by atoms with van der Waals surface area (Å²) in [6, 6.07) is 0.598. The first-order valence-corrected chi connectivity index (χ1v) is 8.81. The van der Waals surface area contributed by atoms with Gasteiger partial charge in [0.2, 0.25) is 5.91 Å². The van der Waals surface area contributed by atoms with E-state index in [9.17, 15) is 4.79 Å². The van der Waals surface area contributed by atoms with Crippen molar-refractivity contribution in [3.05, 3.63) is 0 Å². The topological polar surface area (TPSA) is 60.0 Å². The minimum atomic E-state index is -0.501. The van der Waals surface area contributed by atoms with Crippen molar-refractivity contribution in [3.8, 4) is 0 Å². The molecular weight excluding hydrogens is 290 g/mol. The quantitative estimate of drug-likeness (QED) is 0.544. The lowest BCUT2D eigenvalue weighted by molar-refractivity contribution is -0.128. The number of hydrogen-bond acceptors (Lipinski definition) is 3. The molecule has 2 N–H and O–H groups in total. The number of carbonyl (C=O) groups is 1. The van der Waals surface area contributed by atoms with Crippen LogP contribution in [0, 0.1) is 5.41 Å². The summed E-state index contributed by atoms with van der Waals surface area (Å²) in [6.45, 7) is 12.7. The second-order valence-corrected chi connectivity index (χ2v) is 6.94. The van der Waals surface area contributed by atoms with Crippen molar-refractivity contribution in [2.24, 2.45) is 10.4 Å². The van der Waals surface area contributed by atoms with Crippen molar-refractivity contribution in [2.75, 3.05) is 46.8 Å². The molecule has 1 unspecified atom stereocenters. The van der Waals surface area contributed by atoms with Crippen LogP contribution in [0.3, 0.4) is 0 Å². The molecule has 0 aromatic rings. The van der Waals surface area contributed by atoms with E-state index in [2.05, 4.69) is 41.3 Å². The third-order valence-corrected chi connectivity index (χ3v) is 4.55. The van der Waals surface area contributed by atoms with Gasteiger partial charge in [-0.15, -0.1) is 0 Å². The van der Waals surface area contributed by atoms with Gasteiger partial charge < -0.3 is 15.5 Å². The van der Waals surface area contributed by atoms with Crippen molar-refractivity contribution >= 4 is 11.9 Å². The number of nitrogens with one attached hydrogen (secondary N) is 2. The molecular formula is C17H35N5O. The van der Waals surface area contributed by atoms with E-state index < -0.39 is 5.41 Å². The Bertz CT molecular complexity index is 408. The lowest BCUT2D eigenvalue weighted by Crippen LogP contribution is -2.46. The molecule has 6 nitrogen and oxygen atoms in total. The molecule has 0 aromatic carbocycles. The Morgan fingerprint density at radius 1 is 1.39 bits per heavy atom. The molecule has 1 saturated heterocycles. The van der Waals surface area contributed by atoms with Crippen LogP contribution in [0.2, 0.25) is 0 Å². The summed E-state index contributed by atoms with van der Waals surface area (Å²) in [5.41, 5.74) is -0.501. The second kappa shape index (κ2) is 9.11. The Hall–Kier alpha value is -1.30. The first-order chi connectivity index (χ1) is 10.9. The highest BCUT2D eigenvalue weighted by Crippen LogP contribution is 2.18. The van der Waals surface area contributed by atoms with Crippen molar-refractivity contribution in [1.29, 1.82) is 0 Å². The highest BCUT2D eigenvalue weighted by molar-refractivity contribution is 5.83. The zero-order chi connectivity index (χ0) is 17.5. The molecule has 134 valence electrons. The van der Waals surface area contributed by atoms with E-state index in [0.717, 1.165) is 25.6 Å². The maximum atomic E-state index is 11.9. The normalized spacial score (nSPS) is 19.7. The van der Waals surface area contributed by atoms with Crippen molar-refractivity contribution < 1.29 is 4.79 Å². The molecule has 0 radical (unpaired) electrons. The monoisotopic (exact) mass is 325 g/mol. The predicted octanol–water partition coefficient (Wildman–Crippen LogP) is 1.14. The van der Waals surface area contributed by atoms with Crippen LogP contribution in [0.5, 0.6) is 0 Å². The van der Waals surface area contributed by atoms with Gasteiger partial charge in [-0.3, -0.25) is 14.7 Å². The molecule has 0 aromatic heterocycles. The Balaban J connectivity index is 2.72. The highest BCUT2D eigenvalue weighted by atomic mass is 16.2. The smallest absolute Gasteiger partial charge is 0.227 e. The van der Waals surface area contributed by atoms with Crippen LogP contribution in [0.25, 0.3) is 0 Å². The maximum Gasteiger partial charge on any atom is 0.227 e. The van der Waals surface area contributed by atoms with E-state index in [1.807, 2.05) is 13.8 Å². The van der Waals surface area contributed by atoms with Crippen molar-refractivity contribution in [3.63, 3.8) is 0 Å². The second-order valence-electron chi connectivity index (χ2n) is 6.94. The third kappa shape index (κ3) is 5.68. The average Bonchev–Trinajstić information content (AvgIpc) is 2.97. The fourth-order valence-electron chi connectivity index (χ4n) is 3.07. The Morgan fingerprint density at radius 3 is 2.65 bits per heavy atom. The largest absolute Gasteiger partial charge is 0.359 e. The van der Waals surface area contributed by atoms with Gasteiger partial charge in [0.25, 0.3) is 0 Å². The molecule has 6 heteroatoms. The summed E-state index contributed by atoms with van der Waals surface area (Å²) in [6.07, 6.45) is 2.53. The summed E-state index contributed by atoms with van der Waals surface area (Å²) in [7, 11) is 3.76. The number of nitrogens with zero attached hydrogens (tertiary/aromatic N) is 3. The molecule has 0 aliphatic carbocycles. The molecule has 1 aliphatic rings. The zero-order valence-electron chi connectivity index (χ0n) is 15.8. The van der Waals surface area contributed by atoms with Gasteiger partial charge in [0.05, 0.1) is 12.0 Å². The number of likely N-dealkylation sites (N-methyl/N-ethyl adjacent to an activating group) is 2. The van der Waals surface area contributed by atoms with Crippen molar-refractivity contribution in [2.45, 2.75) is 46.6 Å². The van der Waals surface area contributed by atoms with E-state index in [0.29, 0.717) is 12.6 Å². The molecule has 23 heavy (non-hydrogen) atoms. The molecule has 1 fully saturated rings. The number of rotatable bonds is 7. The predicted molar refractivity (Wildman–Crippen MR) is 96.7 cm³/mol. The first kappa shape index (κ1) is 19.7. The van der Waals surface area contributed by atoms with Crippen molar-refractivity contribution in [1.82, 2.24) is 20.4 Å². The number of hydrogen-bond donors (Lipinski definition) is 2. The first-order valence-electron chi connectivity index (χ1n) is 8.81. The molecule has 1 heterocycles. The van der Waals surface area contributed by atoms with Crippen LogP contribution in [-0.4, -0.2) is 74.5 Å². The summed E-state index contributed by atoms with van der Waals surface area (Å²) >= 11 is 0. The summed E-state index contributed by atoms with van der Waals surface area (Å²) in [4.78, 5) is 21.3. The molecule has 1 rings (SSSR count). The maximum absolute atomic E-state index is 11.9. The minimum absolute atomic E-state index is 0.0210. The fourth-order valence-corrected chi connectivity index (χ4v) is 3.07. The highest BCUT2D eigenvalue weighted by Gasteiger charge is 2.28. The van der Waals surface area contributed by atoms with E-state index in [-0.39, 0.29) is 5.91 Å². The van der Waals surface area contributed by atoms with E-state index in [1.165, 1.54) is 19.4 Å². The third-order valence-electron chi connectivity index (χ3n) is 4.55. The lowest BCUT2D eigenvalue weighted by Gasteiger charge is -2.30. The van der Waals surface area contributed by atoms with E-state index in [1.54, 1.807) is 7.05 Å². The summed E-state index contributed by atoms with van der Waals surface area (Å²) in [5, 5.41) is 6.06. The Labute approximate surface area is 141 Å². The van der Waals surface area contributed by atoms with Crippen LogP contribution in [-0.2, 0) is 4.79 Å². The summed E-state index contributed by atoms with van der Waals surface area (Å²) in [5.74, 6) is 0.903. The van der Waals surface area contributed by atoms with Gasteiger partial charge in [-0.05, 0) is 46.7 Å². The number of amides is 1. The van der Waals surface area contributed by atoms with Crippen LogP contribution >= 0.6 is 0 Å². The molecule has 1 atom stereocenters. The molecule has 0 saturated carbocycles. The van der Waals surface area contributed by atoms with Gasteiger partial charge >= 0.3 is 0 Å². The Kier molecular flexibility index (Phi) is 7.82. The molecule has 1 amide bonds. The fraction of sp³-hybridized carbons (Fsp3) is 0.882. The number of guanidine groups is 1. The zero-order valence-corrected chi connectivity index (χ0v) is 15.8. The van der Waals surface area contributed by atoms with Gasteiger partial charge in [0, 0.05) is 33.2 Å². The van der Waals surface area contributed by atoms with Gasteiger partial charge in [-0.2, -0.15) is 0 Å². The van der Waals surface area contributed by atoms with Gasteiger partial charge in [0.1, 0.15) is 0 Å². The van der Waals surface area contributed by atoms with Crippen LogP contribution < -0.4 is 10.6 Å². The minimum Gasteiger partial charge on any atom is -0.359 e. The van der Waals surface area contributed by atoms with E-state index in [4.69, 9.17) is 4.99 Å². The van der Waals surface area contributed by atoms with Gasteiger partial charge in [0.15, 0.2) is 5.96 Å². The number of likely N-dealkylation sites (tertiary alicyclic amines) is 1. The summed E-state index contributed by atoms with van der Waals surface area (Å²) < 4.78 is 0. The standard InChI is InChI=1S/C17H35N5O/c1-7-19-16(20-13-17(3,4)15(23)18-5)21(6)12-14-10-9-11-22(14)8-2/h14H,7-13H2,1-6H3,(H,18,23)(H,19,20). The molecule has 0 bridgehead atoms. The molecule has 1 aliphatic heterocycles. The average molecular weight is 326 g/mol. The number of carbonyl (C=O) groups excluding carboxylic acids is 1. The SMILES string of the molecule is CCNC(=NCC(C)(C)C(=O)NC)N(C)CC1CCCN1CC. The van der Waals surface area contributed by atoms with Gasteiger partial charge in [-0.1, -0.05) is 6.92 Å². The van der Waals surface area contributed by atoms with Crippen LogP contribution in [0.15, 0.2) is 4.99 Å². The van der Waals surface area contributed by atoms with Gasteiger partial charge in [-0.25, -0.2) is 0 Å². The van der Waals surface area contributed by atoms with Crippen LogP contribution in [0.4, 0.5) is 0 Å².